The van der Waals surface area contributed by atoms with Crippen LogP contribution >= 0.6 is 12.2 Å². The first-order valence-corrected chi connectivity index (χ1v) is 8.88. The molecule has 0 saturated heterocycles. The maximum Gasteiger partial charge on any atom is 0.261 e. The van der Waals surface area contributed by atoms with Crippen LogP contribution in [0.3, 0.4) is 0 Å². The molecule has 0 aliphatic heterocycles. The van der Waals surface area contributed by atoms with Crippen molar-refractivity contribution in [1.29, 1.82) is 0 Å². The average Bonchev–Trinajstić information content (AvgIpc) is 2.61. The molecule has 0 bridgehead atoms. The first-order chi connectivity index (χ1) is 12.5. The highest BCUT2D eigenvalue weighted by Crippen LogP contribution is 2.19. The SMILES string of the molecule is COc1cccc(NC(=S)NC(=O)c2ccccc2OCCC(C)C)c1. The third-order valence-electron chi connectivity index (χ3n) is 3.64. The van der Waals surface area contributed by atoms with Gasteiger partial charge in [0.15, 0.2) is 5.11 Å². The van der Waals surface area contributed by atoms with Crippen LogP contribution in [0, 0.1) is 5.92 Å². The van der Waals surface area contributed by atoms with Gasteiger partial charge in [-0.25, -0.2) is 0 Å². The zero-order valence-corrected chi connectivity index (χ0v) is 16.1. The number of ether oxygens (including phenoxy) is 2. The summed E-state index contributed by atoms with van der Waals surface area (Å²) in [7, 11) is 1.59. The van der Waals surface area contributed by atoms with E-state index in [0.717, 1.165) is 12.1 Å². The van der Waals surface area contributed by atoms with E-state index in [1.165, 1.54) is 0 Å². The summed E-state index contributed by atoms with van der Waals surface area (Å²) >= 11 is 5.23. The molecule has 0 spiro atoms. The van der Waals surface area contributed by atoms with Crippen LogP contribution in [0.2, 0.25) is 0 Å². The van der Waals surface area contributed by atoms with E-state index in [1.807, 2.05) is 24.3 Å². The lowest BCUT2D eigenvalue weighted by atomic mass is 10.1. The molecule has 0 atom stereocenters. The predicted octanol–water partition coefficient (Wildman–Crippen LogP) is 4.25. The number of amides is 1. The van der Waals surface area contributed by atoms with Crippen LogP contribution < -0.4 is 20.1 Å². The van der Waals surface area contributed by atoms with Crippen LogP contribution in [-0.4, -0.2) is 24.7 Å². The molecule has 1 amide bonds. The first kappa shape index (κ1) is 19.7. The summed E-state index contributed by atoms with van der Waals surface area (Å²) in [5, 5.41) is 5.86. The molecule has 0 heterocycles. The van der Waals surface area contributed by atoms with Gasteiger partial charge in [-0.3, -0.25) is 10.1 Å². The Hall–Kier alpha value is -2.60. The second-order valence-corrected chi connectivity index (χ2v) is 6.58. The smallest absolute Gasteiger partial charge is 0.261 e. The number of hydrogen-bond donors (Lipinski definition) is 2. The van der Waals surface area contributed by atoms with Crippen LogP contribution in [0.5, 0.6) is 11.5 Å². The van der Waals surface area contributed by atoms with Crippen molar-refractivity contribution in [1.82, 2.24) is 5.32 Å². The Morgan fingerprint density at radius 2 is 1.92 bits per heavy atom. The van der Waals surface area contributed by atoms with Gasteiger partial charge in [0.1, 0.15) is 11.5 Å². The molecule has 2 N–H and O–H groups in total. The third kappa shape index (κ3) is 6.04. The fraction of sp³-hybridized carbons (Fsp3) is 0.300. The summed E-state index contributed by atoms with van der Waals surface area (Å²) in [5.41, 5.74) is 1.18. The van der Waals surface area contributed by atoms with Crippen molar-refractivity contribution in [2.24, 2.45) is 5.92 Å². The van der Waals surface area contributed by atoms with E-state index in [1.54, 1.807) is 31.4 Å². The number of methoxy groups -OCH3 is 1. The van der Waals surface area contributed by atoms with E-state index < -0.39 is 0 Å². The Balaban J connectivity index is 1.99. The van der Waals surface area contributed by atoms with Crippen molar-refractivity contribution in [3.05, 3.63) is 54.1 Å². The standard InChI is InChI=1S/C20H24N2O3S/c1-14(2)11-12-25-18-10-5-4-9-17(18)19(23)22-20(26)21-15-7-6-8-16(13-15)24-3/h4-10,13-14H,11-12H2,1-3H3,(H2,21,22,23,26). The van der Waals surface area contributed by atoms with Gasteiger partial charge < -0.3 is 14.8 Å². The molecular formula is C20H24N2O3S. The number of thiocarbonyl (C=S) groups is 1. The summed E-state index contributed by atoms with van der Waals surface area (Å²) in [4.78, 5) is 12.5. The molecule has 2 rings (SSSR count). The minimum absolute atomic E-state index is 0.209. The van der Waals surface area contributed by atoms with Crippen molar-refractivity contribution in [2.75, 3.05) is 19.0 Å². The molecule has 0 unspecified atom stereocenters. The van der Waals surface area contributed by atoms with Crippen LogP contribution in [0.25, 0.3) is 0 Å². The Labute approximate surface area is 159 Å². The van der Waals surface area contributed by atoms with Gasteiger partial charge in [0.25, 0.3) is 5.91 Å². The number of nitrogens with one attached hydrogen (secondary N) is 2. The van der Waals surface area contributed by atoms with E-state index in [2.05, 4.69) is 24.5 Å². The topological polar surface area (TPSA) is 59.6 Å². The largest absolute Gasteiger partial charge is 0.497 e. The summed E-state index contributed by atoms with van der Waals surface area (Å²) in [5.74, 6) is 1.48. The van der Waals surface area contributed by atoms with E-state index in [4.69, 9.17) is 21.7 Å². The number of carbonyl (C=O) groups is 1. The van der Waals surface area contributed by atoms with E-state index >= 15 is 0 Å². The highest BCUT2D eigenvalue weighted by atomic mass is 32.1. The maximum absolute atomic E-state index is 12.5. The van der Waals surface area contributed by atoms with Gasteiger partial charge in [-0.05, 0) is 48.8 Å². The van der Waals surface area contributed by atoms with Crippen molar-refractivity contribution < 1.29 is 14.3 Å². The van der Waals surface area contributed by atoms with Crippen LogP contribution in [0.15, 0.2) is 48.5 Å². The molecule has 0 aliphatic rings. The molecule has 2 aromatic carbocycles. The fourth-order valence-corrected chi connectivity index (χ4v) is 2.43. The molecule has 0 saturated carbocycles. The van der Waals surface area contributed by atoms with Crippen LogP contribution in [0.4, 0.5) is 5.69 Å². The van der Waals surface area contributed by atoms with Gasteiger partial charge in [0.2, 0.25) is 0 Å². The molecule has 5 nitrogen and oxygen atoms in total. The second-order valence-electron chi connectivity index (χ2n) is 6.17. The van der Waals surface area contributed by atoms with Gasteiger partial charge >= 0.3 is 0 Å². The molecule has 138 valence electrons. The molecule has 0 aliphatic carbocycles. The number of anilines is 1. The first-order valence-electron chi connectivity index (χ1n) is 8.48. The molecule has 0 aromatic heterocycles. The molecule has 6 heteroatoms. The Bertz CT molecular complexity index is 762. The second kappa shape index (κ2) is 9.77. The summed E-state index contributed by atoms with van der Waals surface area (Å²) in [6, 6.07) is 14.4. The number of para-hydroxylation sites is 1. The zero-order valence-electron chi connectivity index (χ0n) is 15.2. The number of benzene rings is 2. The monoisotopic (exact) mass is 372 g/mol. The lowest BCUT2D eigenvalue weighted by molar-refractivity contribution is 0.0973. The Morgan fingerprint density at radius 3 is 2.65 bits per heavy atom. The zero-order chi connectivity index (χ0) is 18.9. The number of hydrogen-bond acceptors (Lipinski definition) is 4. The highest BCUT2D eigenvalue weighted by Gasteiger charge is 2.14. The van der Waals surface area contributed by atoms with Gasteiger partial charge in [-0.15, -0.1) is 0 Å². The van der Waals surface area contributed by atoms with E-state index in [9.17, 15) is 4.79 Å². The van der Waals surface area contributed by atoms with Gasteiger partial charge in [-0.1, -0.05) is 32.0 Å². The summed E-state index contributed by atoms with van der Waals surface area (Å²) in [6.45, 7) is 4.82. The van der Waals surface area contributed by atoms with Crippen molar-refractivity contribution in [3.63, 3.8) is 0 Å². The van der Waals surface area contributed by atoms with E-state index in [-0.39, 0.29) is 11.0 Å². The fourth-order valence-electron chi connectivity index (χ4n) is 2.22. The minimum Gasteiger partial charge on any atom is -0.497 e. The molecule has 26 heavy (non-hydrogen) atoms. The molecule has 0 fully saturated rings. The van der Waals surface area contributed by atoms with Crippen LogP contribution in [0.1, 0.15) is 30.6 Å². The maximum atomic E-state index is 12.5. The Morgan fingerprint density at radius 1 is 1.15 bits per heavy atom. The van der Waals surface area contributed by atoms with Crippen molar-refractivity contribution in [3.8, 4) is 11.5 Å². The number of rotatable bonds is 7. The van der Waals surface area contributed by atoms with Crippen molar-refractivity contribution >= 4 is 28.9 Å². The van der Waals surface area contributed by atoms with Gasteiger partial charge in [0, 0.05) is 11.8 Å². The van der Waals surface area contributed by atoms with Crippen LogP contribution in [-0.2, 0) is 0 Å². The lowest BCUT2D eigenvalue weighted by Crippen LogP contribution is -2.34. The van der Waals surface area contributed by atoms with Gasteiger partial charge in [-0.2, -0.15) is 0 Å². The third-order valence-corrected chi connectivity index (χ3v) is 3.84. The summed E-state index contributed by atoms with van der Waals surface area (Å²) in [6.07, 6.45) is 0.922. The normalized spacial score (nSPS) is 10.3. The number of carbonyl (C=O) groups excluding carboxylic acids is 1. The molecular weight excluding hydrogens is 348 g/mol. The summed E-state index contributed by atoms with van der Waals surface area (Å²) < 4.78 is 10.9. The van der Waals surface area contributed by atoms with E-state index in [0.29, 0.717) is 29.6 Å². The predicted molar refractivity (Wildman–Crippen MR) is 108 cm³/mol. The molecule has 0 radical (unpaired) electrons. The highest BCUT2D eigenvalue weighted by molar-refractivity contribution is 7.80. The van der Waals surface area contributed by atoms with Gasteiger partial charge in [0.05, 0.1) is 19.3 Å². The quantitative estimate of drug-likeness (QED) is 0.712. The average molecular weight is 372 g/mol. The lowest BCUT2D eigenvalue weighted by Gasteiger charge is -2.14. The molecule has 2 aromatic rings. The minimum atomic E-state index is -0.314. The van der Waals surface area contributed by atoms with Crippen molar-refractivity contribution in [2.45, 2.75) is 20.3 Å². The Kier molecular flexibility index (Phi) is 7.41.